The Kier molecular flexibility index (Phi) is 5.98. The van der Waals surface area contributed by atoms with Crippen LogP contribution in [-0.2, 0) is 11.3 Å². The van der Waals surface area contributed by atoms with Crippen LogP contribution < -0.4 is 10.9 Å². The number of aromatic nitrogens is 2. The minimum atomic E-state index is -0.243. The zero-order valence-corrected chi connectivity index (χ0v) is 19.8. The van der Waals surface area contributed by atoms with E-state index in [0.717, 1.165) is 27.9 Å². The summed E-state index contributed by atoms with van der Waals surface area (Å²) in [7, 11) is 0. The maximum atomic E-state index is 13.3. The third kappa shape index (κ3) is 4.10. The number of carbonyl (C=O) groups is 1. The second-order valence-corrected chi connectivity index (χ2v) is 9.41. The van der Waals surface area contributed by atoms with Crippen molar-refractivity contribution in [1.82, 2.24) is 9.55 Å². The molecule has 0 aliphatic carbocycles. The molecule has 0 spiro atoms. The molecule has 0 fully saturated rings. The monoisotopic (exact) mass is 445 g/mol. The number of nitrogens with one attached hydrogen (secondary N) is 1. The number of para-hydroxylation sites is 1. The molecule has 0 saturated heterocycles. The van der Waals surface area contributed by atoms with E-state index in [1.54, 1.807) is 0 Å². The van der Waals surface area contributed by atoms with E-state index >= 15 is 0 Å². The van der Waals surface area contributed by atoms with Crippen LogP contribution in [0.25, 0.3) is 21.3 Å². The van der Waals surface area contributed by atoms with Gasteiger partial charge in [-0.25, -0.2) is 4.98 Å². The van der Waals surface area contributed by atoms with Gasteiger partial charge in [0.2, 0.25) is 5.91 Å². The van der Waals surface area contributed by atoms with Gasteiger partial charge in [-0.3, -0.25) is 14.2 Å². The first-order valence-corrected chi connectivity index (χ1v) is 11.6. The molecule has 2 aromatic carbocycles. The molecular weight excluding hydrogens is 418 g/mol. The van der Waals surface area contributed by atoms with Gasteiger partial charge in [-0.2, -0.15) is 0 Å². The molecule has 32 heavy (non-hydrogen) atoms. The van der Waals surface area contributed by atoms with Crippen molar-refractivity contribution in [2.24, 2.45) is 0 Å². The molecule has 0 aliphatic heterocycles. The van der Waals surface area contributed by atoms with E-state index in [-0.39, 0.29) is 23.9 Å². The Morgan fingerprint density at radius 2 is 1.88 bits per heavy atom. The molecule has 0 saturated carbocycles. The molecule has 0 bridgehead atoms. The predicted octanol–water partition coefficient (Wildman–Crippen LogP) is 5.81. The lowest BCUT2D eigenvalue weighted by molar-refractivity contribution is -0.116. The smallest absolute Gasteiger partial charge is 0.263 e. The Morgan fingerprint density at radius 3 is 2.59 bits per heavy atom. The fraction of sp³-hybridized carbons (Fsp3) is 0.269. The Hall–Kier alpha value is -3.25. The first-order chi connectivity index (χ1) is 15.3. The lowest BCUT2D eigenvalue weighted by atomic mass is 9.98. The van der Waals surface area contributed by atoms with Crippen LogP contribution in [0.5, 0.6) is 0 Å². The third-order valence-electron chi connectivity index (χ3n) is 5.88. The molecule has 1 amide bonds. The van der Waals surface area contributed by atoms with Crippen molar-refractivity contribution < 1.29 is 4.79 Å². The molecule has 1 N–H and O–H groups in total. The maximum Gasteiger partial charge on any atom is 0.263 e. The molecule has 164 valence electrons. The fourth-order valence-electron chi connectivity index (χ4n) is 3.88. The molecule has 6 heteroatoms. The average Bonchev–Trinajstić information content (AvgIpc) is 3.18. The van der Waals surface area contributed by atoms with E-state index in [1.807, 2.05) is 36.6 Å². The van der Waals surface area contributed by atoms with E-state index in [0.29, 0.717) is 10.2 Å². The van der Waals surface area contributed by atoms with E-state index in [2.05, 4.69) is 50.1 Å². The number of hydrogen-bond acceptors (Lipinski definition) is 4. The fourth-order valence-corrected chi connectivity index (χ4v) is 4.78. The SMILES string of the molecule is Cc1ccc(-c2csc3ncn(CC(=O)Nc4c(C)cccc4C(C)C)c(=O)c23)cc1C. The minimum Gasteiger partial charge on any atom is -0.324 e. The molecule has 4 rings (SSSR count). The van der Waals surface area contributed by atoms with Gasteiger partial charge in [-0.15, -0.1) is 11.3 Å². The van der Waals surface area contributed by atoms with Crippen molar-refractivity contribution in [3.8, 4) is 11.1 Å². The van der Waals surface area contributed by atoms with Crippen LogP contribution in [-0.4, -0.2) is 15.5 Å². The van der Waals surface area contributed by atoms with Gasteiger partial charge < -0.3 is 5.32 Å². The third-order valence-corrected chi connectivity index (χ3v) is 6.77. The summed E-state index contributed by atoms with van der Waals surface area (Å²) in [6, 6.07) is 12.2. The number of aryl methyl sites for hydroxylation is 3. The molecule has 0 unspecified atom stereocenters. The van der Waals surface area contributed by atoms with E-state index in [9.17, 15) is 9.59 Å². The topological polar surface area (TPSA) is 64.0 Å². The van der Waals surface area contributed by atoms with Gasteiger partial charge >= 0.3 is 0 Å². The first-order valence-electron chi connectivity index (χ1n) is 10.7. The lowest BCUT2D eigenvalue weighted by Crippen LogP contribution is -2.28. The Bertz CT molecular complexity index is 1380. The van der Waals surface area contributed by atoms with Gasteiger partial charge in [0.15, 0.2) is 0 Å². The Labute approximate surface area is 191 Å². The van der Waals surface area contributed by atoms with Crippen LogP contribution in [0.2, 0.25) is 0 Å². The average molecular weight is 446 g/mol. The molecule has 0 aliphatic rings. The standard InChI is InChI=1S/C26H27N3O2S/c1-15(2)20-8-6-7-17(4)24(20)28-22(30)12-29-14-27-25-23(26(29)31)21(13-32-25)19-10-9-16(3)18(5)11-19/h6-11,13-15H,12H2,1-5H3,(H,28,30). The number of rotatable bonds is 5. The molecular formula is C26H27N3O2S. The molecule has 5 nitrogen and oxygen atoms in total. The predicted molar refractivity (Wildman–Crippen MR) is 133 cm³/mol. The van der Waals surface area contributed by atoms with Crippen molar-refractivity contribution in [1.29, 1.82) is 0 Å². The summed E-state index contributed by atoms with van der Waals surface area (Å²) in [5.74, 6) is 0.0321. The zero-order valence-electron chi connectivity index (χ0n) is 19.0. The minimum absolute atomic E-state index is 0.0874. The second kappa shape index (κ2) is 8.71. The van der Waals surface area contributed by atoms with E-state index in [4.69, 9.17) is 0 Å². The number of hydrogen-bond donors (Lipinski definition) is 1. The summed E-state index contributed by atoms with van der Waals surface area (Å²) in [6.45, 7) is 10.2. The number of amides is 1. The van der Waals surface area contributed by atoms with Crippen LogP contribution in [0.1, 0.15) is 42.0 Å². The summed E-state index contributed by atoms with van der Waals surface area (Å²) >= 11 is 1.45. The van der Waals surface area contributed by atoms with Crippen molar-refractivity contribution in [3.05, 3.63) is 80.7 Å². The highest BCUT2D eigenvalue weighted by molar-refractivity contribution is 7.17. The van der Waals surface area contributed by atoms with Crippen molar-refractivity contribution in [2.75, 3.05) is 5.32 Å². The lowest BCUT2D eigenvalue weighted by Gasteiger charge is -2.16. The maximum absolute atomic E-state index is 13.3. The Balaban J connectivity index is 1.68. The molecule has 2 heterocycles. The van der Waals surface area contributed by atoms with Crippen LogP contribution in [0, 0.1) is 20.8 Å². The summed E-state index contributed by atoms with van der Waals surface area (Å²) in [5, 5.41) is 5.54. The summed E-state index contributed by atoms with van der Waals surface area (Å²) in [6.07, 6.45) is 1.46. The largest absolute Gasteiger partial charge is 0.324 e. The highest BCUT2D eigenvalue weighted by atomic mass is 32.1. The van der Waals surface area contributed by atoms with E-state index in [1.165, 1.54) is 33.4 Å². The van der Waals surface area contributed by atoms with Gasteiger partial charge in [0.1, 0.15) is 11.4 Å². The van der Waals surface area contributed by atoms with Crippen LogP contribution >= 0.6 is 11.3 Å². The molecule has 0 atom stereocenters. The van der Waals surface area contributed by atoms with Gasteiger partial charge in [-0.05, 0) is 54.5 Å². The van der Waals surface area contributed by atoms with Gasteiger partial charge in [0.05, 0.1) is 11.7 Å². The number of thiophene rings is 1. The summed E-state index contributed by atoms with van der Waals surface area (Å²) in [5.41, 5.74) is 6.93. The first kappa shape index (κ1) is 22.0. The van der Waals surface area contributed by atoms with Crippen molar-refractivity contribution in [2.45, 2.75) is 47.1 Å². The summed E-state index contributed by atoms with van der Waals surface area (Å²) < 4.78 is 1.39. The molecule has 2 aromatic heterocycles. The van der Waals surface area contributed by atoms with Crippen molar-refractivity contribution >= 4 is 33.1 Å². The van der Waals surface area contributed by atoms with Gasteiger partial charge in [-0.1, -0.05) is 50.2 Å². The zero-order chi connectivity index (χ0) is 23.0. The quantitative estimate of drug-likeness (QED) is 0.421. The second-order valence-electron chi connectivity index (χ2n) is 8.55. The number of anilines is 1. The molecule has 4 aromatic rings. The number of nitrogens with zero attached hydrogens (tertiary/aromatic N) is 2. The number of benzene rings is 2. The van der Waals surface area contributed by atoms with Crippen molar-refractivity contribution in [3.63, 3.8) is 0 Å². The van der Waals surface area contributed by atoms with Gasteiger partial charge in [0, 0.05) is 16.6 Å². The summed E-state index contributed by atoms with van der Waals surface area (Å²) in [4.78, 5) is 31.3. The van der Waals surface area contributed by atoms with Crippen LogP contribution in [0.15, 0.2) is 52.9 Å². The van der Waals surface area contributed by atoms with Crippen LogP contribution in [0.4, 0.5) is 5.69 Å². The van der Waals surface area contributed by atoms with E-state index < -0.39 is 0 Å². The van der Waals surface area contributed by atoms with Gasteiger partial charge in [0.25, 0.3) is 5.56 Å². The number of fused-ring (bicyclic) bond motifs is 1. The Morgan fingerprint density at radius 1 is 1.09 bits per heavy atom. The highest BCUT2D eigenvalue weighted by Crippen LogP contribution is 2.32. The normalized spacial score (nSPS) is 11.3. The molecule has 0 radical (unpaired) electrons. The number of carbonyl (C=O) groups excluding carboxylic acids is 1. The highest BCUT2D eigenvalue weighted by Gasteiger charge is 2.17. The van der Waals surface area contributed by atoms with Crippen LogP contribution in [0.3, 0.4) is 0 Å².